The van der Waals surface area contributed by atoms with Gasteiger partial charge in [0, 0.05) is 25.2 Å². The standard InChI is InChI=1S/C12H15NO4/c1-12(8-16-2)11(17-12)7-9-5-3-4-6-10(9)13(14)15/h3-6,11H,7-8H2,1-2H3. The molecule has 5 heteroatoms. The lowest BCUT2D eigenvalue weighted by Crippen LogP contribution is -2.18. The summed E-state index contributed by atoms with van der Waals surface area (Å²) in [4.78, 5) is 10.5. The van der Waals surface area contributed by atoms with Gasteiger partial charge in [0.25, 0.3) is 5.69 Å². The van der Waals surface area contributed by atoms with Gasteiger partial charge in [-0.15, -0.1) is 0 Å². The van der Waals surface area contributed by atoms with Gasteiger partial charge >= 0.3 is 0 Å². The Bertz CT molecular complexity index is 434. The number of para-hydroxylation sites is 1. The van der Waals surface area contributed by atoms with Crippen LogP contribution in [0.3, 0.4) is 0 Å². The number of benzene rings is 1. The van der Waals surface area contributed by atoms with E-state index in [4.69, 9.17) is 9.47 Å². The fraction of sp³-hybridized carbons (Fsp3) is 0.500. The Morgan fingerprint density at radius 3 is 2.88 bits per heavy atom. The number of methoxy groups -OCH3 is 1. The van der Waals surface area contributed by atoms with Crippen molar-refractivity contribution in [1.29, 1.82) is 0 Å². The van der Waals surface area contributed by atoms with Gasteiger partial charge in [-0.2, -0.15) is 0 Å². The highest BCUT2D eigenvalue weighted by Gasteiger charge is 2.52. The second-order valence-corrected chi connectivity index (χ2v) is 4.44. The predicted octanol–water partition coefficient (Wildman–Crippen LogP) is 1.94. The summed E-state index contributed by atoms with van der Waals surface area (Å²) in [5.74, 6) is 0. The maximum atomic E-state index is 10.9. The third kappa shape index (κ3) is 2.45. The third-order valence-electron chi connectivity index (χ3n) is 3.06. The van der Waals surface area contributed by atoms with E-state index in [1.165, 1.54) is 6.07 Å². The summed E-state index contributed by atoms with van der Waals surface area (Å²) in [6, 6.07) is 6.76. The van der Waals surface area contributed by atoms with Crippen LogP contribution in [0, 0.1) is 10.1 Å². The number of rotatable bonds is 5. The zero-order chi connectivity index (χ0) is 12.5. The molecular weight excluding hydrogens is 222 g/mol. The van der Waals surface area contributed by atoms with E-state index in [9.17, 15) is 10.1 Å². The van der Waals surface area contributed by atoms with Crippen LogP contribution in [0.1, 0.15) is 12.5 Å². The van der Waals surface area contributed by atoms with Crippen LogP contribution >= 0.6 is 0 Å². The molecular formula is C12H15NO4. The van der Waals surface area contributed by atoms with E-state index in [2.05, 4.69) is 0 Å². The van der Waals surface area contributed by atoms with Gasteiger partial charge in [0.15, 0.2) is 0 Å². The molecule has 17 heavy (non-hydrogen) atoms. The maximum Gasteiger partial charge on any atom is 0.272 e. The summed E-state index contributed by atoms with van der Waals surface area (Å²) in [7, 11) is 1.62. The normalized spacial score (nSPS) is 26.8. The minimum Gasteiger partial charge on any atom is -0.382 e. The zero-order valence-corrected chi connectivity index (χ0v) is 9.88. The van der Waals surface area contributed by atoms with E-state index in [0.29, 0.717) is 18.6 Å². The number of nitro benzene ring substituents is 1. The average Bonchev–Trinajstić information content (AvgIpc) is 2.89. The van der Waals surface area contributed by atoms with E-state index < -0.39 is 0 Å². The fourth-order valence-electron chi connectivity index (χ4n) is 2.02. The number of nitrogens with zero attached hydrogens (tertiary/aromatic N) is 1. The number of nitro groups is 1. The van der Waals surface area contributed by atoms with Crippen molar-refractivity contribution < 1.29 is 14.4 Å². The van der Waals surface area contributed by atoms with Gasteiger partial charge in [0.2, 0.25) is 0 Å². The quantitative estimate of drug-likeness (QED) is 0.446. The molecule has 0 radical (unpaired) electrons. The average molecular weight is 237 g/mol. The summed E-state index contributed by atoms with van der Waals surface area (Å²) in [5, 5.41) is 10.9. The molecule has 0 saturated carbocycles. The van der Waals surface area contributed by atoms with Crippen molar-refractivity contribution in [3.8, 4) is 0 Å². The van der Waals surface area contributed by atoms with Crippen molar-refractivity contribution in [1.82, 2.24) is 0 Å². The van der Waals surface area contributed by atoms with Gasteiger partial charge in [0.05, 0.1) is 17.6 Å². The Balaban J connectivity index is 2.08. The Morgan fingerprint density at radius 2 is 2.24 bits per heavy atom. The number of ether oxygens (including phenoxy) is 2. The molecule has 5 nitrogen and oxygen atoms in total. The van der Waals surface area contributed by atoms with E-state index in [-0.39, 0.29) is 22.3 Å². The second-order valence-electron chi connectivity index (χ2n) is 4.44. The molecule has 0 N–H and O–H groups in total. The monoisotopic (exact) mass is 237 g/mol. The van der Waals surface area contributed by atoms with Crippen molar-refractivity contribution >= 4 is 5.69 Å². The van der Waals surface area contributed by atoms with Crippen LogP contribution in [0.2, 0.25) is 0 Å². The highest BCUT2D eigenvalue weighted by Crippen LogP contribution is 2.39. The highest BCUT2D eigenvalue weighted by molar-refractivity contribution is 5.40. The van der Waals surface area contributed by atoms with E-state index in [0.717, 1.165) is 0 Å². The molecule has 0 amide bonds. The van der Waals surface area contributed by atoms with Gasteiger partial charge < -0.3 is 9.47 Å². The molecule has 2 rings (SSSR count). The molecule has 1 aromatic carbocycles. The third-order valence-corrected chi connectivity index (χ3v) is 3.06. The highest BCUT2D eigenvalue weighted by atomic mass is 16.6. The van der Waals surface area contributed by atoms with Crippen LogP contribution in [0.5, 0.6) is 0 Å². The minimum atomic E-state index is -0.356. The molecule has 1 aliphatic heterocycles. The molecule has 0 aromatic heterocycles. The van der Waals surface area contributed by atoms with Crippen molar-refractivity contribution in [2.45, 2.75) is 25.0 Å². The van der Waals surface area contributed by atoms with E-state index >= 15 is 0 Å². The largest absolute Gasteiger partial charge is 0.382 e. The van der Waals surface area contributed by atoms with E-state index in [1.807, 2.05) is 6.92 Å². The van der Waals surface area contributed by atoms with Crippen molar-refractivity contribution in [2.24, 2.45) is 0 Å². The smallest absolute Gasteiger partial charge is 0.272 e. The molecule has 0 bridgehead atoms. The Kier molecular flexibility index (Phi) is 3.13. The van der Waals surface area contributed by atoms with Crippen molar-refractivity contribution in [3.05, 3.63) is 39.9 Å². The summed E-state index contributed by atoms with van der Waals surface area (Å²) in [6.45, 7) is 2.47. The lowest BCUT2D eigenvalue weighted by molar-refractivity contribution is -0.385. The molecule has 1 saturated heterocycles. The number of hydrogen-bond acceptors (Lipinski definition) is 4. The van der Waals surface area contributed by atoms with Crippen molar-refractivity contribution in [2.75, 3.05) is 13.7 Å². The first-order valence-corrected chi connectivity index (χ1v) is 5.46. The first-order valence-electron chi connectivity index (χ1n) is 5.46. The van der Waals surface area contributed by atoms with Gasteiger partial charge in [-0.1, -0.05) is 18.2 Å². The number of hydrogen-bond donors (Lipinski definition) is 0. The van der Waals surface area contributed by atoms with Crippen LogP contribution in [-0.4, -0.2) is 30.3 Å². The van der Waals surface area contributed by atoms with Crippen LogP contribution in [0.25, 0.3) is 0 Å². The van der Waals surface area contributed by atoms with Gasteiger partial charge in [-0.25, -0.2) is 0 Å². The minimum absolute atomic E-state index is 0.00329. The maximum absolute atomic E-state index is 10.9. The lowest BCUT2D eigenvalue weighted by Gasteiger charge is -2.04. The fourth-order valence-corrected chi connectivity index (χ4v) is 2.02. The van der Waals surface area contributed by atoms with Gasteiger partial charge in [-0.3, -0.25) is 10.1 Å². The Labute approximate surface area is 99.5 Å². The molecule has 0 spiro atoms. The second kappa shape index (κ2) is 4.43. The SMILES string of the molecule is COCC1(C)OC1Cc1ccccc1[N+](=O)[O-]. The molecule has 1 fully saturated rings. The van der Waals surface area contributed by atoms with Gasteiger partial charge in [0.1, 0.15) is 5.60 Å². The summed E-state index contributed by atoms with van der Waals surface area (Å²) in [5.41, 5.74) is 0.573. The first kappa shape index (κ1) is 12.0. The van der Waals surface area contributed by atoms with Crippen LogP contribution in [-0.2, 0) is 15.9 Å². The first-order chi connectivity index (χ1) is 8.07. The molecule has 1 aromatic rings. The van der Waals surface area contributed by atoms with E-state index in [1.54, 1.807) is 25.3 Å². The summed E-state index contributed by atoms with van der Waals surface area (Å²) >= 11 is 0. The molecule has 1 heterocycles. The molecule has 1 aliphatic rings. The molecule has 0 aliphatic carbocycles. The van der Waals surface area contributed by atoms with Gasteiger partial charge in [-0.05, 0) is 6.92 Å². The molecule has 2 unspecified atom stereocenters. The predicted molar refractivity (Wildman–Crippen MR) is 62.0 cm³/mol. The van der Waals surface area contributed by atoms with Crippen LogP contribution in [0.15, 0.2) is 24.3 Å². The van der Waals surface area contributed by atoms with Crippen LogP contribution in [0.4, 0.5) is 5.69 Å². The Hall–Kier alpha value is -1.46. The van der Waals surface area contributed by atoms with Crippen LogP contribution < -0.4 is 0 Å². The Morgan fingerprint density at radius 1 is 1.53 bits per heavy atom. The molecule has 92 valence electrons. The lowest BCUT2D eigenvalue weighted by atomic mass is 10.0. The van der Waals surface area contributed by atoms with Crippen molar-refractivity contribution in [3.63, 3.8) is 0 Å². The zero-order valence-electron chi connectivity index (χ0n) is 9.88. The number of epoxide rings is 1. The summed E-state index contributed by atoms with van der Waals surface area (Å²) < 4.78 is 10.6. The topological polar surface area (TPSA) is 64.9 Å². The summed E-state index contributed by atoms with van der Waals surface area (Å²) in [6.07, 6.45) is 0.556. The molecule has 2 atom stereocenters.